The molecule has 6 heteroatoms. The van der Waals surface area contributed by atoms with E-state index >= 15 is 0 Å². The van der Waals surface area contributed by atoms with E-state index in [1.54, 1.807) is 23.5 Å². The zero-order valence-electron chi connectivity index (χ0n) is 11.8. The van der Waals surface area contributed by atoms with Crippen molar-refractivity contribution in [1.82, 2.24) is 9.78 Å². The molecule has 1 aliphatic rings. The summed E-state index contributed by atoms with van der Waals surface area (Å²) < 4.78 is 7.40. The van der Waals surface area contributed by atoms with E-state index in [4.69, 9.17) is 16.3 Å². The van der Waals surface area contributed by atoms with Crippen molar-refractivity contribution < 1.29 is 9.53 Å². The van der Waals surface area contributed by atoms with E-state index in [2.05, 4.69) is 5.10 Å². The lowest BCUT2D eigenvalue weighted by molar-refractivity contribution is -0.124. The summed E-state index contributed by atoms with van der Waals surface area (Å²) in [5.41, 5.74) is 1.58. The number of ketones is 1. The molecule has 1 aromatic carbocycles. The van der Waals surface area contributed by atoms with Gasteiger partial charge in [-0.05, 0) is 19.1 Å². The first-order valence-corrected chi connectivity index (χ1v) is 8.02. The first-order valence-electron chi connectivity index (χ1n) is 6.65. The number of Topliss-reactive ketones (excluding diaryl/α,β-unsaturated/α-hetero) is 1. The van der Waals surface area contributed by atoms with Gasteiger partial charge in [-0.15, -0.1) is 11.8 Å². The molecule has 1 atom stereocenters. The molecular weight excluding hydrogens is 308 g/mol. The number of thioether (sulfide) groups is 1. The molecule has 4 nitrogen and oxygen atoms in total. The number of carbonyl (C=O) groups excluding carboxylic acids is 1. The van der Waals surface area contributed by atoms with Crippen molar-refractivity contribution in [3.63, 3.8) is 0 Å². The minimum Gasteiger partial charge on any atom is -0.481 e. The van der Waals surface area contributed by atoms with Crippen LogP contribution in [0.5, 0.6) is 5.75 Å². The highest BCUT2D eigenvalue weighted by Gasteiger charge is 2.28. The van der Waals surface area contributed by atoms with Crippen LogP contribution in [-0.2, 0) is 18.3 Å². The Morgan fingerprint density at radius 2 is 2.29 bits per heavy atom. The maximum absolute atomic E-state index is 12.5. The molecule has 0 N–H and O–H groups in total. The van der Waals surface area contributed by atoms with Crippen LogP contribution in [0, 0.1) is 6.92 Å². The second-order valence-electron chi connectivity index (χ2n) is 4.99. The molecule has 1 unspecified atom stereocenters. The number of carbonyl (C=O) groups is 1. The molecule has 1 aromatic heterocycles. The van der Waals surface area contributed by atoms with Gasteiger partial charge >= 0.3 is 0 Å². The van der Waals surface area contributed by atoms with Gasteiger partial charge in [-0.3, -0.25) is 9.48 Å². The third kappa shape index (κ3) is 2.80. The third-order valence-corrected chi connectivity index (χ3v) is 5.08. The highest BCUT2D eigenvalue weighted by molar-refractivity contribution is 7.99. The fraction of sp³-hybridized carbons (Fsp3) is 0.333. The summed E-state index contributed by atoms with van der Waals surface area (Å²) in [5.74, 6) is 1.45. The molecule has 0 bridgehead atoms. The van der Waals surface area contributed by atoms with Gasteiger partial charge in [0, 0.05) is 29.7 Å². The highest BCUT2D eigenvalue weighted by atomic mass is 35.5. The van der Waals surface area contributed by atoms with Gasteiger partial charge < -0.3 is 4.74 Å². The van der Waals surface area contributed by atoms with Gasteiger partial charge in [-0.1, -0.05) is 23.7 Å². The second-order valence-corrected chi connectivity index (χ2v) is 6.41. The van der Waals surface area contributed by atoms with E-state index in [9.17, 15) is 4.79 Å². The zero-order valence-corrected chi connectivity index (χ0v) is 13.4. The number of rotatable bonds is 3. The molecule has 3 rings (SSSR count). The van der Waals surface area contributed by atoms with Crippen LogP contribution in [0.4, 0.5) is 0 Å². The highest BCUT2D eigenvalue weighted by Crippen LogP contribution is 2.35. The fourth-order valence-corrected chi connectivity index (χ4v) is 3.60. The lowest BCUT2D eigenvalue weighted by Gasteiger charge is -2.24. The maximum Gasteiger partial charge on any atom is 0.178 e. The van der Waals surface area contributed by atoms with E-state index in [1.807, 2.05) is 31.2 Å². The molecule has 1 aliphatic heterocycles. The molecule has 0 amide bonds. The summed E-state index contributed by atoms with van der Waals surface area (Å²) in [6, 6.07) is 7.78. The number of aromatic nitrogens is 2. The Morgan fingerprint density at radius 1 is 1.52 bits per heavy atom. The molecule has 110 valence electrons. The Labute approximate surface area is 132 Å². The van der Waals surface area contributed by atoms with Gasteiger partial charge in [0.1, 0.15) is 10.9 Å². The molecule has 0 fully saturated rings. The summed E-state index contributed by atoms with van der Waals surface area (Å²) in [6.45, 7) is 1.86. The van der Waals surface area contributed by atoms with E-state index in [1.165, 1.54) is 0 Å². The van der Waals surface area contributed by atoms with Crippen molar-refractivity contribution in [1.29, 1.82) is 0 Å². The molecule has 0 spiro atoms. The van der Waals surface area contributed by atoms with Crippen molar-refractivity contribution in [2.24, 2.45) is 7.05 Å². The summed E-state index contributed by atoms with van der Waals surface area (Å²) in [6.07, 6.45) is -0.174. The summed E-state index contributed by atoms with van der Waals surface area (Å²) in [5, 5.41) is 4.75. The zero-order chi connectivity index (χ0) is 15.0. The number of aryl methyl sites for hydroxylation is 2. The molecule has 2 aromatic rings. The smallest absolute Gasteiger partial charge is 0.178 e. The first-order chi connectivity index (χ1) is 10.1. The average Bonchev–Trinajstić information content (AvgIpc) is 2.73. The Kier molecular flexibility index (Phi) is 3.95. The Hall–Kier alpha value is -1.46. The van der Waals surface area contributed by atoms with Gasteiger partial charge in [0.05, 0.1) is 5.69 Å². The lowest BCUT2D eigenvalue weighted by atomic mass is 10.1. The lowest BCUT2D eigenvalue weighted by Crippen LogP contribution is -2.33. The molecule has 0 aliphatic carbocycles. The van der Waals surface area contributed by atoms with Crippen LogP contribution in [0.2, 0.25) is 5.15 Å². The number of benzene rings is 1. The average molecular weight is 323 g/mol. The molecule has 0 radical (unpaired) electrons. The van der Waals surface area contributed by atoms with Crippen molar-refractivity contribution in [3.8, 4) is 5.75 Å². The summed E-state index contributed by atoms with van der Waals surface area (Å²) in [4.78, 5) is 13.5. The minimum absolute atomic E-state index is 0.0370. The number of ether oxygens (including phenoxy) is 1. The van der Waals surface area contributed by atoms with Crippen LogP contribution in [-0.4, -0.2) is 27.4 Å². The summed E-state index contributed by atoms with van der Waals surface area (Å²) in [7, 11) is 1.77. The van der Waals surface area contributed by atoms with Gasteiger partial charge in [0.25, 0.3) is 0 Å². The minimum atomic E-state index is -0.430. The summed E-state index contributed by atoms with van der Waals surface area (Å²) >= 11 is 7.83. The quantitative estimate of drug-likeness (QED) is 0.871. The van der Waals surface area contributed by atoms with Crippen LogP contribution in [0.25, 0.3) is 0 Å². The van der Waals surface area contributed by atoms with Crippen LogP contribution >= 0.6 is 23.4 Å². The van der Waals surface area contributed by atoms with Crippen molar-refractivity contribution in [3.05, 3.63) is 40.7 Å². The van der Waals surface area contributed by atoms with E-state index in [-0.39, 0.29) is 12.2 Å². The van der Waals surface area contributed by atoms with E-state index in [0.29, 0.717) is 10.9 Å². The third-order valence-electron chi connectivity index (χ3n) is 3.49. The maximum atomic E-state index is 12.5. The topological polar surface area (TPSA) is 44.1 Å². The number of para-hydroxylation sites is 1. The van der Waals surface area contributed by atoms with Crippen LogP contribution in [0.15, 0.2) is 29.2 Å². The molecular formula is C15H15ClN2O2S. The second kappa shape index (κ2) is 5.73. The Morgan fingerprint density at radius 3 is 3.00 bits per heavy atom. The molecule has 0 saturated heterocycles. The van der Waals surface area contributed by atoms with Gasteiger partial charge in [0.2, 0.25) is 0 Å². The molecule has 0 saturated carbocycles. The van der Waals surface area contributed by atoms with E-state index < -0.39 is 6.10 Å². The van der Waals surface area contributed by atoms with E-state index in [0.717, 1.165) is 21.9 Å². The number of hydrogen-bond acceptors (Lipinski definition) is 4. The van der Waals surface area contributed by atoms with Gasteiger partial charge in [-0.25, -0.2) is 0 Å². The number of hydrogen-bond donors (Lipinski definition) is 0. The van der Waals surface area contributed by atoms with Crippen molar-refractivity contribution in [2.75, 3.05) is 5.75 Å². The van der Waals surface area contributed by atoms with Crippen molar-refractivity contribution in [2.45, 2.75) is 24.3 Å². The van der Waals surface area contributed by atoms with Crippen LogP contribution in [0.1, 0.15) is 11.3 Å². The SMILES string of the molecule is Cc1nn(C)c(Cl)c1CC(=O)C1CSc2ccccc2O1. The van der Waals surface area contributed by atoms with Gasteiger partial charge in [-0.2, -0.15) is 5.10 Å². The molecule has 21 heavy (non-hydrogen) atoms. The number of nitrogens with zero attached hydrogens (tertiary/aromatic N) is 2. The number of halogens is 1. The van der Waals surface area contributed by atoms with Crippen LogP contribution in [0.3, 0.4) is 0 Å². The number of fused-ring (bicyclic) bond motifs is 1. The predicted molar refractivity (Wildman–Crippen MR) is 83.2 cm³/mol. The first kappa shape index (κ1) is 14.5. The fourth-order valence-electron chi connectivity index (χ4n) is 2.34. The normalized spacial score (nSPS) is 17.2. The monoisotopic (exact) mass is 322 g/mol. The molecule has 2 heterocycles. The van der Waals surface area contributed by atoms with Crippen molar-refractivity contribution >= 4 is 29.1 Å². The Bertz CT molecular complexity index is 699. The predicted octanol–water partition coefficient (Wildman–Crippen LogP) is 3.05. The van der Waals surface area contributed by atoms with Crippen LogP contribution < -0.4 is 4.74 Å². The Balaban J connectivity index is 1.75. The van der Waals surface area contributed by atoms with Gasteiger partial charge in [0.15, 0.2) is 11.9 Å². The largest absolute Gasteiger partial charge is 0.481 e. The standard InChI is InChI=1S/C15H15ClN2O2S/c1-9-10(15(16)18(2)17-9)7-11(19)13-8-21-14-6-4-3-5-12(14)20-13/h3-6,13H,7-8H2,1-2H3.